The molecule has 0 aliphatic carbocycles. The van der Waals surface area contributed by atoms with E-state index < -0.39 is 36.9 Å². The molecule has 0 spiro atoms. The number of Topliss-reactive ketones (excluding diaryl/α,β-unsaturated/α-hetero) is 1. The highest BCUT2D eigenvalue weighted by Gasteiger charge is 2.26. The fraction of sp³-hybridized carbons (Fsp3) is 0.304. The third-order valence-corrected chi connectivity index (χ3v) is 6.84. The van der Waals surface area contributed by atoms with E-state index in [0.29, 0.717) is 27.1 Å². The van der Waals surface area contributed by atoms with Crippen molar-refractivity contribution in [2.75, 3.05) is 20.5 Å². The van der Waals surface area contributed by atoms with Gasteiger partial charge < -0.3 is 24.6 Å². The molecular formula is C23H23Cl2N5O7S. The second kappa shape index (κ2) is 14.5. The molecule has 3 aromatic rings. The number of halogens is 2. The Labute approximate surface area is 231 Å². The number of ether oxygens (including phenoxy) is 3. The van der Waals surface area contributed by atoms with Crippen LogP contribution in [0.4, 0.5) is 4.79 Å². The first-order valence-electron chi connectivity index (χ1n) is 11.0. The number of carboxylic acids is 1. The van der Waals surface area contributed by atoms with Gasteiger partial charge in [-0.1, -0.05) is 41.4 Å². The number of carbonyl (C=O) groups is 3. The lowest BCUT2D eigenvalue weighted by molar-refractivity contribution is -0.139. The maximum Gasteiger partial charge on any atom is 0.407 e. The maximum atomic E-state index is 12.9. The molecular weight excluding hydrogens is 561 g/mol. The lowest BCUT2D eigenvalue weighted by atomic mass is 10.1. The number of nitrogens with zero attached hydrogens (tertiary/aromatic N) is 4. The Morgan fingerprint density at radius 2 is 1.84 bits per heavy atom. The van der Waals surface area contributed by atoms with Crippen molar-refractivity contribution in [3.05, 3.63) is 58.1 Å². The molecule has 2 aromatic carbocycles. The molecule has 202 valence electrons. The van der Waals surface area contributed by atoms with Gasteiger partial charge in [-0.05, 0) is 52.0 Å². The molecule has 1 unspecified atom stereocenters. The van der Waals surface area contributed by atoms with Crippen LogP contribution in [-0.4, -0.2) is 69.7 Å². The average molecular weight is 584 g/mol. The van der Waals surface area contributed by atoms with Gasteiger partial charge >= 0.3 is 12.1 Å². The number of amides is 1. The largest absolute Gasteiger partial charge is 0.481 e. The quantitative estimate of drug-likeness (QED) is 0.268. The molecule has 1 aromatic heterocycles. The first kappa shape index (κ1) is 29.2. The summed E-state index contributed by atoms with van der Waals surface area (Å²) in [5.41, 5.74) is 0.878. The molecule has 1 amide bonds. The van der Waals surface area contributed by atoms with Crippen LogP contribution in [0.3, 0.4) is 0 Å². The topological polar surface area (TPSA) is 155 Å². The Bertz CT molecular complexity index is 1240. The minimum absolute atomic E-state index is 0.00443. The second-order valence-electron chi connectivity index (χ2n) is 7.61. The van der Waals surface area contributed by atoms with Crippen LogP contribution in [0.5, 0.6) is 5.75 Å². The SMILES string of the molecule is COCOc1ccc(CCOC(=O)NC(CC(=O)O)C(=O)Cn2nnnc2Sc2c(Cl)cccc2Cl)cc1. The number of rotatable bonds is 14. The van der Waals surface area contributed by atoms with E-state index in [2.05, 4.69) is 20.8 Å². The fourth-order valence-electron chi connectivity index (χ4n) is 3.04. The number of tetrazole rings is 1. The lowest BCUT2D eigenvalue weighted by Crippen LogP contribution is -2.44. The van der Waals surface area contributed by atoms with Gasteiger partial charge in [-0.15, -0.1) is 5.10 Å². The van der Waals surface area contributed by atoms with Crippen LogP contribution in [0.25, 0.3) is 0 Å². The van der Waals surface area contributed by atoms with E-state index in [9.17, 15) is 19.5 Å². The Hall–Kier alpha value is -3.39. The van der Waals surface area contributed by atoms with E-state index in [0.717, 1.165) is 22.0 Å². The zero-order chi connectivity index (χ0) is 27.5. The van der Waals surface area contributed by atoms with Crippen molar-refractivity contribution in [3.63, 3.8) is 0 Å². The predicted octanol–water partition coefficient (Wildman–Crippen LogP) is 3.50. The van der Waals surface area contributed by atoms with Crippen LogP contribution in [0.1, 0.15) is 12.0 Å². The number of methoxy groups -OCH3 is 1. The third-order valence-electron chi connectivity index (χ3n) is 4.87. The van der Waals surface area contributed by atoms with Crippen LogP contribution in [0.2, 0.25) is 10.0 Å². The highest BCUT2D eigenvalue weighted by atomic mass is 35.5. The third kappa shape index (κ3) is 8.87. The number of ketones is 1. The molecule has 15 heteroatoms. The molecule has 0 aliphatic rings. The van der Waals surface area contributed by atoms with E-state index in [1.165, 1.54) is 7.11 Å². The van der Waals surface area contributed by atoms with Gasteiger partial charge in [0.2, 0.25) is 5.16 Å². The molecule has 12 nitrogen and oxygen atoms in total. The molecule has 0 aliphatic heterocycles. The van der Waals surface area contributed by atoms with Gasteiger partial charge in [-0.25, -0.2) is 9.48 Å². The van der Waals surface area contributed by atoms with E-state index in [1.54, 1.807) is 42.5 Å². The average Bonchev–Trinajstić information content (AvgIpc) is 3.31. The molecule has 1 heterocycles. The minimum atomic E-state index is -1.37. The van der Waals surface area contributed by atoms with Crippen molar-refractivity contribution in [1.29, 1.82) is 0 Å². The highest BCUT2D eigenvalue weighted by molar-refractivity contribution is 7.99. The number of nitrogens with one attached hydrogen (secondary N) is 1. The summed E-state index contributed by atoms with van der Waals surface area (Å²) in [5, 5.41) is 23.7. The van der Waals surface area contributed by atoms with Crippen LogP contribution in [0, 0.1) is 0 Å². The molecule has 0 radical (unpaired) electrons. The normalized spacial score (nSPS) is 11.6. The smallest absolute Gasteiger partial charge is 0.407 e. The molecule has 0 saturated heterocycles. The van der Waals surface area contributed by atoms with Crippen molar-refractivity contribution < 1.29 is 33.7 Å². The number of hydrogen-bond donors (Lipinski definition) is 2. The molecule has 0 fully saturated rings. The van der Waals surface area contributed by atoms with Gasteiger partial charge in [-0.2, -0.15) is 0 Å². The Morgan fingerprint density at radius 1 is 1.13 bits per heavy atom. The van der Waals surface area contributed by atoms with E-state index in [4.69, 9.17) is 37.4 Å². The van der Waals surface area contributed by atoms with Gasteiger partial charge in [0, 0.05) is 13.5 Å². The number of aliphatic carboxylic acids is 1. The zero-order valence-electron chi connectivity index (χ0n) is 20.0. The molecule has 0 saturated carbocycles. The van der Waals surface area contributed by atoms with Gasteiger partial charge in [-0.3, -0.25) is 9.59 Å². The molecule has 1 atom stereocenters. The van der Waals surface area contributed by atoms with Crippen LogP contribution in [-0.2, 0) is 32.0 Å². The highest BCUT2D eigenvalue weighted by Crippen LogP contribution is 2.37. The number of carbonyl (C=O) groups excluding carboxylic acids is 2. The summed E-state index contributed by atoms with van der Waals surface area (Å²) < 4.78 is 16.5. The summed E-state index contributed by atoms with van der Waals surface area (Å²) in [5.74, 6) is -1.30. The number of carboxylic acid groups (broad SMARTS) is 1. The van der Waals surface area contributed by atoms with Crippen molar-refractivity contribution in [2.45, 2.75) is 35.5 Å². The van der Waals surface area contributed by atoms with Crippen molar-refractivity contribution in [3.8, 4) is 5.75 Å². The van der Waals surface area contributed by atoms with Gasteiger partial charge in [0.1, 0.15) is 18.3 Å². The standard InChI is InChI=1S/C23H23Cl2N5O7S/c1-35-13-37-15-7-5-14(6-8-15)9-10-36-23(34)26-18(11-20(32)33)19(31)12-30-22(27-28-29-30)38-21-16(24)3-2-4-17(21)25/h2-8,18H,9-13H2,1H3,(H,26,34)(H,32,33). The van der Waals surface area contributed by atoms with Crippen molar-refractivity contribution in [2.24, 2.45) is 0 Å². The lowest BCUT2D eigenvalue weighted by Gasteiger charge is -2.16. The Morgan fingerprint density at radius 3 is 2.50 bits per heavy atom. The van der Waals surface area contributed by atoms with Gasteiger partial charge in [0.25, 0.3) is 0 Å². The molecule has 3 rings (SSSR count). The Balaban J connectivity index is 1.56. The fourth-order valence-corrected chi connectivity index (χ4v) is 4.47. The number of benzene rings is 2. The van der Waals surface area contributed by atoms with Gasteiger partial charge in [0.15, 0.2) is 12.6 Å². The first-order valence-corrected chi connectivity index (χ1v) is 12.6. The summed E-state index contributed by atoms with van der Waals surface area (Å²) in [6.07, 6.45) is -1.19. The van der Waals surface area contributed by atoms with E-state index >= 15 is 0 Å². The summed E-state index contributed by atoms with van der Waals surface area (Å²) >= 11 is 13.4. The molecule has 2 N–H and O–H groups in total. The number of hydrogen-bond acceptors (Lipinski definition) is 10. The summed E-state index contributed by atoms with van der Waals surface area (Å²) in [4.78, 5) is 37.0. The predicted molar refractivity (Wildman–Crippen MR) is 137 cm³/mol. The van der Waals surface area contributed by atoms with Crippen LogP contribution >= 0.6 is 35.0 Å². The summed E-state index contributed by atoms with van der Waals surface area (Å²) in [6.45, 7) is -0.278. The van der Waals surface area contributed by atoms with E-state index in [-0.39, 0.29) is 18.6 Å². The van der Waals surface area contributed by atoms with Crippen LogP contribution in [0.15, 0.2) is 52.5 Å². The van der Waals surface area contributed by atoms with Crippen LogP contribution < -0.4 is 10.1 Å². The van der Waals surface area contributed by atoms with Gasteiger partial charge in [0.05, 0.1) is 28.0 Å². The molecule has 0 bridgehead atoms. The maximum absolute atomic E-state index is 12.9. The summed E-state index contributed by atoms with van der Waals surface area (Å²) in [6, 6.07) is 10.7. The second-order valence-corrected chi connectivity index (χ2v) is 9.41. The Kier molecular flexibility index (Phi) is 11.1. The number of alkyl carbamates (subject to hydrolysis) is 1. The monoisotopic (exact) mass is 583 g/mol. The molecule has 38 heavy (non-hydrogen) atoms. The zero-order valence-corrected chi connectivity index (χ0v) is 22.3. The number of aromatic nitrogens is 4. The van der Waals surface area contributed by atoms with Crippen molar-refractivity contribution in [1.82, 2.24) is 25.5 Å². The minimum Gasteiger partial charge on any atom is -0.481 e. The van der Waals surface area contributed by atoms with Crippen molar-refractivity contribution >= 4 is 52.8 Å². The van der Waals surface area contributed by atoms with E-state index in [1.807, 2.05) is 0 Å². The first-order chi connectivity index (χ1) is 18.3. The summed E-state index contributed by atoms with van der Waals surface area (Å²) in [7, 11) is 1.52.